The van der Waals surface area contributed by atoms with Crippen molar-refractivity contribution in [3.63, 3.8) is 0 Å². The number of hydrogen-bond donors (Lipinski definition) is 2. The number of H-pyrrole nitrogens is 1. The number of carbonyl (C=O) groups is 2. The van der Waals surface area contributed by atoms with Gasteiger partial charge in [0.2, 0.25) is 11.8 Å². The van der Waals surface area contributed by atoms with E-state index < -0.39 is 37.0 Å². The predicted octanol–water partition coefficient (Wildman–Crippen LogP) is 2.28. The highest BCUT2D eigenvalue weighted by Crippen LogP contribution is 2.29. The van der Waals surface area contributed by atoms with Gasteiger partial charge in [-0.3, -0.25) is 9.59 Å². The summed E-state index contributed by atoms with van der Waals surface area (Å²) >= 11 is 6.06. The van der Waals surface area contributed by atoms with E-state index in [1.807, 2.05) is 5.32 Å². The minimum absolute atomic E-state index is 0.110. The Labute approximate surface area is 201 Å². The maximum Gasteiger partial charge on any atom is 0.405 e. The summed E-state index contributed by atoms with van der Waals surface area (Å²) in [7, 11) is 0. The number of aromatic nitrogens is 4. The Kier molecular flexibility index (Phi) is 6.74. The van der Waals surface area contributed by atoms with Crippen molar-refractivity contribution in [3.8, 4) is 17.5 Å². The molecule has 0 saturated carbocycles. The molecule has 2 amide bonds. The molecule has 0 aromatic carbocycles. The molecule has 4 heterocycles. The molecule has 14 heteroatoms. The van der Waals surface area contributed by atoms with Gasteiger partial charge in [0.25, 0.3) is 0 Å². The highest BCUT2D eigenvalue weighted by Gasteiger charge is 2.37. The van der Waals surface area contributed by atoms with Crippen molar-refractivity contribution in [2.24, 2.45) is 0 Å². The van der Waals surface area contributed by atoms with E-state index in [2.05, 4.69) is 19.9 Å². The Bertz CT molecular complexity index is 1310. The number of nitriles is 1. The number of carbonyl (C=O) groups excluding carboxylic acids is 2. The molecule has 3 aromatic rings. The Hall–Kier alpha value is -3.92. The second-order valence-electron chi connectivity index (χ2n) is 7.71. The van der Waals surface area contributed by atoms with Gasteiger partial charge < -0.3 is 20.1 Å². The van der Waals surface area contributed by atoms with Crippen LogP contribution in [0.15, 0.2) is 30.7 Å². The van der Waals surface area contributed by atoms with Gasteiger partial charge in [-0.25, -0.2) is 15.0 Å². The standard InChI is InChI=1S/C21H18ClF3N8O2/c22-12-7-13-14(9-29-18(13)28-8-12)19-27-4-2-16(31-19)33-6-5-32(17(34)1-3-26)10-15(33)20(35)30-11-21(23,24)25/h2,4,7-9,15H,1,5-6,10-11H2,(H,28,29)(H,30,35)/t15-/m1/s1. The molecule has 1 saturated heterocycles. The predicted molar refractivity (Wildman–Crippen MR) is 119 cm³/mol. The number of nitrogens with one attached hydrogen (secondary N) is 2. The fourth-order valence-electron chi connectivity index (χ4n) is 3.79. The smallest absolute Gasteiger partial charge is 0.345 e. The molecular formula is C21H18ClF3N8O2. The fraction of sp³-hybridized carbons (Fsp3) is 0.333. The van der Waals surface area contributed by atoms with Gasteiger partial charge in [-0.2, -0.15) is 18.4 Å². The van der Waals surface area contributed by atoms with Crippen LogP contribution in [-0.4, -0.2) is 75.0 Å². The molecule has 3 aromatic heterocycles. The number of rotatable bonds is 5. The molecule has 1 aliphatic rings. The Morgan fingerprint density at radius 3 is 2.86 bits per heavy atom. The van der Waals surface area contributed by atoms with E-state index in [1.54, 1.807) is 18.3 Å². The lowest BCUT2D eigenvalue weighted by molar-refractivity contribution is -0.141. The van der Waals surface area contributed by atoms with Crippen molar-refractivity contribution in [2.45, 2.75) is 18.6 Å². The first-order valence-corrected chi connectivity index (χ1v) is 10.8. The van der Waals surface area contributed by atoms with E-state index in [0.717, 1.165) is 0 Å². The van der Waals surface area contributed by atoms with E-state index in [4.69, 9.17) is 16.9 Å². The Balaban J connectivity index is 1.65. The number of hydrogen-bond acceptors (Lipinski definition) is 7. The number of alkyl halides is 3. The lowest BCUT2D eigenvalue weighted by atomic mass is 10.1. The third-order valence-electron chi connectivity index (χ3n) is 5.40. The van der Waals surface area contributed by atoms with Crippen LogP contribution >= 0.6 is 11.6 Å². The van der Waals surface area contributed by atoms with Crippen molar-refractivity contribution >= 4 is 40.3 Å². The third-order valence-corrected chi connectivity index (χ3v) is 5.61. The number of fused-ring (bicyclic) bond motifs is 1. The molecule has 2 N–H and O–H groups in total. The van der Waals surface area contributed by atoms with Crippen LogP contribution in [0.2, 0.25) is 5.02 Å². The number of anilines is 1. The van der Waals surface area contributed by atoms with Crippen LogP contribution < -0.4 is 10.2 Å². The zero-order valence-electron chi connectivity index (χ0n) is 18.0. The van der Waals surface area contributed by atoms with Gasteiger partial charge in [0.15, 0.2) is 5.82 Å². The van der Waals surface area contributed by atoms with Gasteiger partial charge in [-0.1, -0.05) is 11.6 Å². The molecule has 0 bridgehead atoms. The van der Waals surface area contributed by atoms with Gasteiger partial charge in [0.05, 0.1) is 17.6 Å². The summed E-state index contributed by atoms with van der Waals surface area (Å²) in [4.78, 5) is 43.8. The van der Waals surface area contributed by atoms with Crippen LogP contribution in [0, 0.1) is 11.3 Å². The summed E-state index contributed by atoms with van der Waals surface area (Å²) in [5, 5.41) is 11.8. The topological polar surface area (TPSA) is 131 Å². The zero-order valence-corrected chi connectivity index (χ0v) is 18.8. The largest absolute Gasteiger partial charge is 0.405 e. The van der Waals surface area contributed by atoms with Crippen molar-refractivity contribution in [2.75, 3.05) is 31.1 Å². The Morgan fingerprint density at radius 1 is 1.31 bits per heavy atom. The van der Waals surface area contributed by atoms with Crippen LogP contribution in [0.4, 0.5) is 19.0 Å². The molecule has 0 radical (unpaired) electrons. The summed E-state index contributed by atoms with van der Waals surface area (Å²) in [5.41, 5.74) is 1.16. The number of amides is 2. The number of pyridine rings is 1. The maximum absolute atomic E-state index is 12.8. The minimum atomic E-state index is -4.60. The molecule has 1 fully saturated rings. The van der Waals surface area contributed by atoms with Gasteiger partial charge >= 0.3 is 6.18 Å². The average Bonchev–Trinajstić information content (AvgIpc) is 3.25. The maximum atomic E-state index is 12.8. The van der Waals surface area contributed by atoms with Crippen molar-refractivity contribution in [1.29, 1.82) is 5.26 Å². The summed E-state index contributed by atoms with van der Waals surface area (Å²) in [6.07, 6.45) is -0.395. The van der Waals surface area contributed by atoms with E-state index in [0.29, 0.717) is 27.4 Å². The molecule has 4 rings (SSSR count). The lowest BCUT2D eigenvalue weighted by Gasteiger charge is -2.41. The zero-order chi connectivity index (χ0) is 25.2. The fourth-order valence-corrected chi connectivity index (χ4v) is 3.95. The van der Waals surface area contributed by atoms with E-state index in [1.165, 1.54) is 28.3 Å². The summed E-state index contributed by atoms with van der Waals surface area (Å²) in [6, 6.07) is 3.81. The van der Waals surface area contributed by atoms with Gasteiger partial charge in [0.1, 0.15) is 30.5 Å². The molecule has 1 aliphatic heterocycles. The van der Waals surface area contributed by atoms with Crippen LogP contribution in [0.1, 0.15) is 6.42 Å². The van der Waals surface area contributed by atoms with Gasteiger partial charge in [-0.05, 0) is 12.1 Å². The third kappa shape index (κ3) is 5.43. The van der Waals surface area contributed by atoms with Crippen LogP contribution in [0.3, 0.4) is 0 Å². The van der Waals surface area contributed by atoms with E-state index in [9.17, 15) is 22.8 Å². The first-order chi connectivity index (χ1) is 16.7. The van der Waals surface area contributed by atoms with E-state index in [-0.39, 0.29) is 25.5 Å². The van der Waals surface area contributed by atoms with Crippen molar-refractivity contribution in [3.05, 3.63) is 35.7 Å². The molecule has 182 valence electrons. The number of aromatic amines is 1. The number of piperazine rings is 1. The average molecular weight is 507 g/mol. The second kappa shape index (κ2) is 9.75. The van der Waals surface area contributed by atoms with Gasteiger partial charge in [0, 0.05) is 42.6 Å². The van der Waals surface area contributed by atoms with Crippen LogP contribution in [0.25, 0.3) is 22.4 Å². The lowest BCUT2D eigenvalue weighted by Crippen LogP contribution is -2.61. The van der Waals surface area contributed by atoms with E-state index >= 15 is 0 Å². The summed E-state index contributed by atoms with van der Waals surface area (Å²) in [6.45, 7) is -1.44. The van der Waals surface area contributed by atoms with Crippen LogP contribution in [-0.2, 0) is 9.59 Å². The SMILES string of the molecule is N#CCC(=O)N1CCN(c2ccnc(-c3c[nH]c4ncc(Cl)cc34)n2)[C@@H](C(=O)NCC(F)(F)F)C1. The first-order valence-electron chi connectivity index (χ1n) is 10.4. The molecule has 35 heavy (non-hydrogen) atoms. The molecule has 0 spiro atoms. The number of nitrogens with zero attached hydrogens (tertiary/aromatic N) is 6. The molecule has 1 atom stereocenters. The van der Waals surface area contributed by atoms with Crippen LogP contribution in [0.5, 0.6) is 0 Å². The summed E-state index contributed by atoms with van der Waals surface area (Å²) < 4.78 is 38.1. The normalized spacial score (nSPS) is 16.3. The highest BCUT2D eigenvalue weighted by atomic mass is 35.5. The quantitative estimate of drug-likeness (QED) is 0.542. The highest BCUT2D eigenvalue weighted by molar-refractivity contribution is 6.31. The number of halogens is 4. The first kappa shape index (κ1) is 24.2. The molecule has 0 unspecified atom stereocenters. The summed E-state index contributed by atoms with van der Waals surface area (Å²) in [5.74, 6) is -0.846. The molecule has 0 aliphatic carbocycles. The second-order valence-corrected chi connectivity index (χ2v) is 8.14. The van der Waals surface area contributed by atoms with Crippen molar-refractivity contribution in [1.82, 2.24) is 30.2 Å². The monoisotopic (exact) mass is 506 g/mol. The minimum Gasteiger partial charge on any atom is -0.345 e. The van der Waals surface area contributed by atoms with Crippen molar-refractivity contribution < 1.29 is 22.8 Å². The molecular weight excluding hydrogens is 489 g/mol. The van der Waals surface area contributed by atoms with Gasteiger partial charge in [-0.15, -0.1) is 0 Å². The molecule has 10 nitrogen and oxygen atoms in total. The Morgan fingerprint density at radius 2 is 2.11 bits per heavy atom.